The second kappa shape index (κ2) is 9.53. The first-order chi connectivity index (χ1) is 15.9. The molecule has 0 aliphatic carbocycles. The van der Waals surface area contributed by atoms with Crippen molar-refractivity contribution in [3.63, 3.8) is 0 Å². The van der Waals surface area contributed by atoms with E-state index in [0.717, 1.165) is 37.6 Å². The molecule has 1 aliphatic rings. The van der Waals surface area contributed by atoms with Crippen molar-refractivity contribution in [2.45, 2.75) is 25.3 Å². The Morgan fingerprint density at radius 2 is 1.79 bits per heavy atom. The summed E-state index contributed by atoms with van der Waals surface area (Å²) >= 11 is 0. The van der Waals surface area contributed by atoms with Gasteiger partial charge in [0.15, 0.2) is 23.1 Å². The summed E-state index contributed by atoms with van der Waals surface area (Å²) in [6.45, 7) is 1.90. The third-order valence-corrected chi connectivity index (χ3v) is 5.88. The molecule has 4 N–H and O–H groups in total. The van der Waals surface area contributed by atoms with Crippen molar-refractivity contribution in [2.75, 3.05) is 33.0 Å². The van der Waals surface area contributed by atoms with E-state index in [4.69, 9.17) is 20.6 Å². The summed E-state index contributed by atoms with van der Waals surface area (Å²) in [5.41, 5.74) is 7.44. The quantitative estimate of drug-likeness (QED) is 0.470. The third kappa shape index (κ3) is 4.51. The van der Waals surface area contributed by atoms with E-state index >= 15 is 0 Å². The van der Waals surface area contributed by atoms with Crippen LogP contribution in [0.15, 0.2) is 30.7 Å². The van der Waals surface area contributed by atoms with E-state index in [1.807, 2.05) is 10.9 Å². The van der Waals surface area contributed by atoms with Gasteiger partial charge in [-0.15, -0.1) is 0 Å². The first-order valence-electron chi connectivity index (χ1n) is 10.6. The predicted octanol–water partition coefficient (Wildman–Crippen LogP) is 3.36. The minimum atomic E-state index is -0.883. The molecule has 3 heterocycles. The van der Waals surface area contributed by atoms with Crippen LogP contribution in [0.5, 0.6) is 11.5 Å². The summed E-state index contributed by atoms with van der Waals surface area (Å²) in [5.74, 6) is -1.99. The number of methoxy groups -OCH3 is 2. The lowest BCUT2D eigenvalue weighted by Gasteiger charge is -2.22. The Kier molecular flexibility index (Phi) is 6.55. The average molecular weight is 456 g/mol. The number of pyridine rings is 1. The summed E-state index contributed by atoms with van der Waals surface area (Å²) in [6.07, 6.45) is 6.94. The lowest BCUT2D eigenvalue weighted by Crippen LogP contribution is -2.29. The zero-order valence-electron chi connectivity index (χ0n) is 18.5. The number of nitrogens with zero attached hydrogens (tertiary/aromatic N) is 3. The number of rotatable bonds is 7. The van der Waals surface area contributed by atoms with Gasteiger partial charge < -0.3 is 25.9 Å². The van der Waals surface area contributed by atoms with Crippen LogP contribution in [0.25, 0.3) is 11.1 Å². The number of hydrogen-bond donors (Lipinski definition) is 3. The number of nitrogen functional groups attached to an aromatic ring is 1. The van der Waals surface area contributed by atoms with Crippen LogP contribution in [0.4, 0.5) is 14.6 Å². The zero-order valence-corrected chi connectivity index (χ0v) is 18.5. The highest BCUT2D eigenvalue weighted by molar-refractivity contribution is 6.04. The van der Waals surface area contributed by atoms with E-state index < -0.39 is 11.6 Å². The van der Waals surface area contributed by atoms with E-state index in [1.54, 1.807) is 18.5 Å². The van der Waals surface area contributed by atoms with Crippen molar-refractivity contribution >= 4 is 11.5 Å². The van der Waals surface area contributed by atoms with Crippen molar-refractivity contribution in [3.8, 4) is 22.6 Å². The van der Waals surface area contributed by atoms with Crippen LogP contribution in [0.1, 0.15) is 30.0 Å². The Balaban J connectivity index is 1.63. The highest BCUT2D eigenvalue weighted by atomic mass is 19.1. The molecule has 174 valence electrons. The Labute approximate surface area is 190 Å². The third-order valence-electron chi connectivity index (χ3n) is 5.88. The number of anilines is 1. The van der Waals surface area contributed by atoms with E-state index in [-0.39, 0.29) is 35.0 Å². The summed E-state index contributed by atoms with van der Waals surface area (Å²) in [5, 5.41) is 16.3. The normalized spacial score (nSPS) is 14.3. The highest BCUT2D eigenvalue weighted by Crippen LogP contribution is 2.33. The fraction of sp³-hybridized carbons (Fsp3) is 0.348. The maximum absolute atomic E-state index is 14.8. The summed E-state index contributed by atoms with van der Waals surface area (Å²) < 4.78 is 41.5. The molecule has 0 bridgehead atoms. The fourth-order valence-electron chi connectivity index (χ4n) is 4.00. The van der Waals surface area contributed by atoms with Gasteiger partial charge in [-0.2, -0.15) is 5.10 Å². The number of piperidine rings is 1. The van der Waals surface area contributed by atoms with E-state index in [9.17, 15) is 8.78 Å². The van der Waals surface area contributed by atoms with Crippen LogP contribution in [0.2, 0.25) is 0 Å². The molecule has 3 aromatic rings. The van der Waals surface area contributed by atoms with Gasteiger partial charge in [-0.1, -0.05) is 0 Å². The SMILES string of the molecule is COc1cc(OC)c(F)c(CC(=N)c2cc(-c3cnn(C4CCNCC4)c3)cnc2N)c1F. The number of nitrogens with one attached hydrogen (secondary N) is 2. The van der Waals surface area contributed by atoms with E-state index in [0.29, 0.717) is 17.2 Å². The topological polar surface area (TPSA) is 111 Å². The molecular weight excluding hydrogens is 430 g/mol. The van der Waals surface area contributed by atoms with Crippen LogP contribution in [-0.2, 0) is 6.42 Å². The van der Waals surface area contributed by atoms with Crippen LogP contribution >= 0.6 is 0 Å². The number of nitrogens with two attached hydrogens (primary N) is 1. The Bertz CT molecular complexity index is 1150. The Morgan fingerprint density at radius 3 is 2.42 bits per heavy atom. The summed E-state index contributed by atoms with van der Waals surface area (Å²) in [4.78, 5) is 4.21. The standard InChI is InChI=1S/C23H26F2N6O2/c1-32-19-9-20(33-2)22(25)17(21(19)24)8-18(26)16-7-13(10-29-23(16)27)14-11-30-31(12-14)15-3-5-28-6-4-15/h7,9-12,15,26,28H,3-6,8H2,1-2H3,(H2,27,29). The van der Waals surface area contributed by atoms with Crippen molar-refractivity contribution < 1.29 is 18.3 Å². The lowest BCUT2D eigenvalue weighted by atomic mass is 9.99. The molecule has 0 saturated carbocycles. The van der Waals surface area contributed by atoms with E-state index in [1.165, 1.54) is 14.2 Å². The molecule has 8 nitrogen and oxygen atoms in total. The second-order valence-corrected chi connectivity index (χ2v) is 7.89. The molecule has 0 radical (unpaired) electrons. The second-order valence-electron chi connectivity index (χ2n) is 7.89. The van der Waals surface area contributed by atoms with Gasteiger partial charge >= 0.3 is 0 Å². The number of hydrogen-bond acceptors (Lipinski definition) is 7. The molecule has 0 unspecified atom stereocenters. The molecule has 0 amide bonds. The van der Waals surface area contributed by atoms with Gasteiger partial charge in [0.25, 0.3) is 0 Å². The average Bonchev–Trinajstić information content (AvgIpc) is 3.33. The highest BCUT2D eigenvalue weighted by Gasteiger charge is 2.23. The first-order valence-corrected chi connectivity index (χ1v) is 10.6. The van der Waals surface area contributed by atoms with Crippen LogP contribution in [-0.4, -0.2) is 47.8 Å². The molecule has 1 aliphatic heterocycles. The predicted molar refractivity (Wildman–Crippen MR) is 121 cm³/mol. The summed E-state index contributed by atoms with van der Waals surface area (Å²) in [7, 11) is 2.56. The molecule has 0 atom stereocenters. The van der Waals surface area contributed by atoms with Gasteiger partial charge in [0.2, 0.25) is 0 Å². The van der Waals surface area contributed by atoms with Gasteiger partial charge in [0.05, 0.1) is 26.5 Å². The van der Waals surface area contributed by atoms with Gasteiger partial charge in [-0.05, 0) is 32.0 Å². The van der Waals surface area contributed by atoms with Gasteiger partial charge in [-0.3, -0.25) is 4.68 Å². The number of ether oxygens (including phenoxy) is 2. The van der Waals surface area contributed by atoms with Gasteiger partial charge in [0.1, 0.15) is 5.82 Å². The molecule has 10 heteroatoms. The molecule has 1 saturated heterocycles. The molecule has 0 spiro atoms. The molecule has 1 fully saturated rings. The molecule has 1 aromatic carbocycles. The first kappa shape index (κ1) is 22.7. The maximum Gasteiger partial charge on any atom is 0.171 e. The van der Waals surface area contributed by atoms with Crippen molar-refractivity contribution in [1.29, 1.82) is 5.41 Å². The largest absolute Gasteiger partial charge is 0.494 e. The summed E-state index contributed by atoms with van der Waals surface area (Å²) in [6, 6.07) is 3.16. The molecule has 33 heavy (non-hydrogen) atoms. The smallest absolute Gasteiger partial charge is 0.171 e. The lowest BCUT2D eigenvalue weighted by molar-refractivity contribution is 0.343. The minimum absolute atomic E-state index is 0.0827. The monoisotopic (exact) mass is 456 g/mol. The number of benzene rings is 1. The molecule has 4 rings (SSSR count). The van der Waals surface area contributed by atoms with Crippen molar-refractivity contribution in [2.24, 2.45) is 0 Å². The zero-order chi connectivity index (χ0) is 23.5. The molecular formula is C23H26F2N6O2. The van der Waals surface area contributed by atoms with Crippen LogP contribution in [0, 0.1) is 17.0 Å². The number of aromatic nitrogens is 3. The van der Waals surface area contributed by atoms with Crippen molar-refractivity contribution in [3.05, 3.63) is 53.5 Å². The Morgan fingerprint density at radius 1 is 1.12 bits per heavy atom. The van der Waals surface area contributed by atoms with Crippen LogP contribution < -0.4 is 20.5 Å². The van der Waals surface area contributed by atoms with Crippen LogP contribution in [0.3, 0.4) is 0 Å². The molecule has 2 aromatic heterocycles. The van der Waals surface area contributed by atoms with E-state index in [2.05, 4.69) is 15.4 Å². The number of halogens is 2. The van der Waals surface area contributed by atoms with Gasteiger partial charge in [0, 0.05) is 52.8 Å². The van der Waals surface area contributed by atoms with Crippen molar-refractivity contribution in [1.82, 2.24) is 20.1 Å². The minimum Gasteiger partial charge on any atom is -0.494 e. The van der Waals surface area contributed by atoms with Gasteiger partial charge in [-0.25, -0.2) is 13.8 Å². The fourth-order valence-corrected chi connectivity index (χ4v) is 4.00. The Hall–Kier alpha value is -3.53. The maximum atomic E-state index is 14.8.